The van der Waals surface area contributed by atoms with Gasteiger partial charge in [0.15, 0.2) is 0 Å². The maximum atomic E-state index is 4.75. The molecule has 0 spiro atoms. The van der Waals surface area contributed by atoms with E-state index in [1.54, 1.807) is 11.3 Å². The topological polar surface area (TPSA) is 42.2 Å². The lowest BCUT2D eigenvalue weighted by Gasteiger charge is -2.13. The highest BCUT2D eigenvalue weighted by Gasteiger charge is 2.09. The Kier molecular flexibility index (Phi) is 3.78. The zero-order valence-electron chi connectivity index (χ0n) is 13.6. The lowest BCUT2D eigenvalue weighted by molar-refractivity contribution is 0.850. The highest BCUT2D eigenvalue weighted by molar-refractivity contribution is 7.07. The number of hydrogen-bond acceptors (Lipinski definition) is 4. The molecule has 0 amide bonds. The molecule has 0 fully saturated rings. The first-order chi connectivity index (χ1) is 11.7. The Morgan fingerprint density at radius 3 is 2.71 bits per heavy atom. The van der Waals surface area contributed by atoms with Gasteiger partial charge in [0.25, 0.3) is 0 Å². The van der Waals surface area contributed by atoms with E-state index in [4.69, 9.17) is 4.98 Å². The summed E-state index contributed by atoms with van der Waals surface area (Å²) < 4.78 is 2.07. The largest absolute Gasteiger partial charge is 0.377 e. The first-order valence-electron chi connectivity index (χ1n) is 7.90. The molecule has 1 unspecified atom stereocenters. The molecule has 4 aromatic rings. The summed E-state index contributed by atoms with van der Waals surface area (Å²) in [5.74, 6) is 0. The standard InChI is InChI=1S/C19H18N4S/c1-13-4-3-9-23-10-17(22-19(13)23)15-5-7-16(8-6-15)21-14(2)18-11-24-12-20-18/h3-12,14,21H,1-2H3. The molecule has 3 heterocycles. The van der Waals surface area contributed by atoms with E-state index in [1.807, 2.05) is 17.8 Å². The predicted octanol–water partition coefficient (Wildman–Crippen LogP) is 4.94. The van der Waals surface area contributed by atoms with Crippen molar-refractivity contribution >= 4 is 22.7 Å². The molecule has 3 aromatic heterocycles. The van der Waals surface area contributed by atoms with E-state index in [1.165, 1.54) is 5.56 Å². The summed E-state index contributed by atoms with van der Waals surface area (Å²) in [5.41, 5.74) is 8.31. The Balaban J connectivity index is 1.57. The van der Waals surface area contributed by atoms with Crippen LogP contribution in [0.4, 0.5) is 5.69 Å². The van der Waals surface area contributed by atoms with E-state index in [0.29, 0.717) is 0 Å². The minimum atomic E-state index is 0.194. The van der Waals surface area contributed by atoms with Crippen LogP contribution in [0.3, 0.4) is 0 Å². The van der Waals surface area contributed by atoms with E-state index in [2.05, 4.69) is 70.5 Å². The van der Waals surface area contributed by atoms with Crippen LogP contribution in [-0.2, 0) is 0 Å². The van der Waals surface area contributed by atoms with Gasteiger partial charge >= 0.3 is 0 Å². The van der Waals surface area contributed by atoms with Gasteiger partial charge in [-0.05, 0) is 37.6 Å². The summed E-state index contributed by atoms with van der Waals surface area (Å²) in [6.45, 7) is 4.20. The number of anilines is 1. The molecule has 1 N–H and O–H groups in total. The zero-order valence-corrected chi connectivity index (χ0v) is 14.4. The molecule has 0 saturated heterocycles. The molecule has 0 saturated carbocycles. The zero-order chi connectivity index (χ0) is 16.5. The quantitative estimate of drug-likeness (QED) is 0.575. The summed E-state index contributed by atoms with van der Waals surface area (Å²) in [5, 5.41) is 5.55. The normalized spacial score (nSPS) is 12.4. The lowest BCUT2D eigenvalue weighted by Crippen LogP contribution is -2.06. The number of thiazole rings is 1. The summed E-state index contributed by atoms with van der Waals surface area (Å²) in [6.07, 6.45) is 4.10. The number of nitrogens with one attached hydrogen (secondary N) is 1. The first kappa shape index (κ1) is 14.9. The molecule has 4 nitrogen and oxygen atoms in total. The average Bonchev–Trinajstić information content (AvgIpc) is 3.26. The average molecular weight is 334 g/mol. The van der Waals surface area contributed by atoms with Crippen LogP contribution in [0, 0.1) is 6.92 Å². The summed E-state index contributed by atoms with van der Waals surface area (Å²) in [6, 6.07) is 12.7. The molecule has 0 aliphatic rings. The van der Waals surface area contributed by atoms with Crippen LogP contribution < -0.4 is 5.32 Å². The van der Waals surface area contributed by atoms with Crippen LogP contribution in [0.2, 0.25) is 0 Å². The Morgan fingerprint density at radius 1 is 1.17 bits per heavy atom. The minimum Gasteiger partial charge on any atom is -0.377 e. The van der Waals surface area contributed by atoms with Gasteiger partial charge in [-0.3, -0.25) is 0 Å². The summed E-state index contributed by atoms with van der Waals surface area (Å²) >= 11 is 1.62. The minimum absolute atomic E-state index is 0.194. The number of benzene rings is 1. The second-order valence-electron chi connectivity index (χ2n) is 5.90. The van der Waals surface area contributed by atoms with Crippen molar-refractivity contribution in [2.75, 3.05) is 5.32 Å². The Morgan fingerprint density at radius 2 is 2.00 bits per heavy atom. The van der Waals surface area contributed by atoms with Crippen LogP contribution in [-0.4, -0.2) is 14.4 Å². The van der Waals surface area contributed by atoms with Gasteiger partial charge in [-0.25, -0.2) is 9.97 Å². The monoisotopic (exact) mass is 334 g/mol. The SMILES string of the molecule is Cc1cccn2cc(-c3ccc(NC(C)c4cscn4)cc3)nc12. The van der Waals surface area contributed by atoms with E-state index in [9.17, 15) is 0 Å². The number of aromatic nitrogens is 3. The molecule has 5 heteroatoms. The Bertz CT molecular complexity index is 955. The van der Waals surface area contributed by atoms with Crippen molar-refractivity contribution in [2.45, 2.75) is 19.9 Å². The van der Waals surface area contributed by atoms with E-state index < -0.39 is 0 Å². The van der Waals surface area contributed by atoms with Crippen LogP contribution in [0.25, 0.3) is 16.9 Å². The Hall–Kier alpha value is -2.66. The van der Waals surface area contributed by atoms with Crippen molar-refractivity contribution in [3.8, 4) is 11.3 Å². The number of hydrogen-bond donors (Lipinski definition) is 1. The second kappa shape index (κ2) is 6.09. The van der Waals surface area contributed by atoms with E-state index in [-0.39, 0.29) is 6.04 Å². The van der Waals surface area contributed by atoms with Gasteiger partial charge in [0.05, 0.1) is 22.9 Å². The number of pyridine rings is 1. The third kappa shape index (κ3) is 2.78. The highest BCUT2D eigenvalue weighted by Crippen LogP contribution is 2.24. The first-order valence-corrected chi connectivity index (χ1v) is 8.84. The van der Waals surface area contributed by atoms with Gasteiger partial charge in [-0.15, -0.1) is 11.3 Å². The number of aryl methyl sites for hydroxylation is 1. The molecule has 120 valence electrons. The molecule has 24 heavy (non-hydrogen) atoms. The van der Waals surface area contributed by atoms with Gasteiger partial charge in [0, 0.05) is 29.0 Å². The van der Waals surface area contributed by atoms with Gasteiger partial charge < -0.3 is 9.72 Å². The van der Waals surface area contributed by atoms with Gasteiger partial charge in [-0.1, -0.05) is 18.2 Å². The third-order valence-corrected chi connectivity index (χ3v) is 4.74. The second-order valence-corrected chi connectivity index (χ2v) is 6.62. The summed E-state index contributed by atoms with van der Waals surface area (Å²) in [4.78, 5) is 9.10. The van der Waals surface area contributed by atoms with Crippen molar-refractivity contribution in [2.24, 2.45) is 0 Å². The fraction of sp³-hybridized carbons (Fsp3) is 0.158. The van der Waals surface area contributed by atoms with Crippen molar-refractivity contribution in [3.63, 3.8) is 0 Å². The summed E-state index contributed by atoms with van der Waals surface area (Å²) in [7, 11) is 0. The molecule has 1 atom stereocenters. The lowest BCUT2D eigenvalue weighted by atomic mass is 10.1. The van der Waals surface area contributed by atoms with E-state index >= 15 is 0 Å². The molecule has 1 aromatic carbocycles. The van der Waals surface area contributed by atoms with Crippen molar-refractivity contribution in [1.29, 1.82) is 0 Å². The fourth-order valence-electron chi connectivity index (χ4n) is 2.79. The predicted molar refractivity (Wildman–Crippen MR) is 99.5 cm³/mol. The van der Waals surface area contributed by atoms with Gasteiger partial charge in [0.2, 0.25) is 0 Å². The third-order valence-electron chi connectivity index (χ3n) is 4.14. The molecule has 0 aliphatic heterocycles. The van der Waals surface area contributed by atoms with Crippen molar-refractivity contribution < 1.29 is 0 Å². The number of rotatable bonds is 4. The number of imidazole rings is 1. The number of fused-ring (bicyclic) bond motifs is 1. The van der Waals surface area contributed by atoms with E-state index in [0.717, 1.165) is 28.3 Å². The van der Waals surface area contributed by atoms with Gasteiger partial charge in [0.1, 0.15) is 5.65 Å². The van der Waals surface area contributed by atoms with Crippen molar-refractivity contribution in [1.82, 2.24) is 14.4 Å². The van der Waals surface area contributed by atoms with Crippen LogP contribution in [0.15, 0.2) is 59.7 Å². The maximum Gasteiger partial charge on any atom is 0.140 e. The molecular formula is C19H18N4S. The fourth-order valence-corrected chi connectivity index (χ4v) is 3.44. The van der Waals surface area contributed by atoms with Gasteiger partial charge in [-0.2, -0.15) is 0 Å². The molecule has 0 aliphatic carbocycles. The molecular weight excluding hydrogens is 316 g/mol. The Labute approximate surface area is 144 Å². The number of nitrogens with zero attached hydrogens (tertiary/aromatic N) is 3. The molecule has 0 radical (unpaired) electrons. The maximum absolute atomic E-state index is 4.75. The van der Waals surface area contributed by atoms with Crippen molar-refractivity contribution in [3.05, 3.63) is 70.9 Å². The molecule has 0 bridgehead atoms. The highest BCUT2D eigenvalue weighted by atomic mass is 32.1. The van der Waals surface area contributed by atoms with Crippen LogP contribution in [0.5, 0.6) is 0 Å². The van der Waals surface area contributed by atoms with Crippen LogP contribution >= 0.6 is 11.3 Å². The van der Waals surface area contributed by atoms with Crippen LogP contribution in [0.1, 0.15) is 24.2 Å². The smallest absolute Gasteiger partial charge is 0.140 e. The molecule has 4 rings (SSSR count).